The van der Waals surface area contributed by atoms with Crippen molar-refractivity contribution < 1.29 is 9.90 Å². The van der Waals surface area contributed by atoms with Gasteiger partial charge >= 0.3 is 0 Å². The monoisotopic (exact) mass is 311 g/mol. The number of hydrogen-bond acceptors (Lipinski definition) is 3. The van der Waals surface area contributed by atoms with Crippen molar-refractivity contribution in [2.24, 2.45) is 7.05 Å². The minimum absolute atomic E-state index is 0.0112. The van der Waals surface area contributed by atoms with Gasteiger partial charge in [-0.25, -0.2) is 0 Å². The molecule has 0 radical (unpaired) electrons. The molecule has 1 aromatic rings. The van der Waals surface area contributed by atoms with Crippen molar-refractivity contribution in [3.8, 4) is 0 Å². The normalized spacial score (nSPS) is 16.0. The minimum atomic E-state index is -0.0738. The summed E-state index contributed by atoms with van der Waals surface area (Å²) in [4.78, 5) is 14.1. The maximum Gasteiger partial charge on any atom is 0.246 e. The van der Waals surface area contributed by atoms with Gasteiger partial charge in [-0.05, 0) is 25.8 Å². The van der Waals surface area contributed by atoms with E-state index in [1.54, 1.807) is 22.7 Å². The lowest BCUT2D eigenvalue weighted by Crippen LogP contribution is -2.39. The summed E-state index contributed by atoms with van der Waals surface area (Å²) in [6, 6.07) is 0.250. The molecule has 1 aliphatic carbocycles. The number of halogens is 1. The number of carbonyl (C=O) groups excluding carboxylic acids is 1. The molecule has 0 spiro atoms. The molecule has 2 rings (SSSR count). The zero-order valence-electron chi connectivity index (χ0n) is 12.5. The van der Waals surface area contributed by atoms with Gasteiger partial charge in [0, 0.05) is 31.3 Å². The van der Waals surface area contributed by atoms with Gasteiger partial charge in [-0.3, -0.25) is 9.48 Å². The molecular formula is C15H22ClN3O2. The van der Waals surface area contributed by atoms with E-state index in [2.05, 4.69) is 5.10 Å². The Kier molecular flexibility index (Phi) is 5.42. The Morgan fingerprint density at radius 1 is 1.52 bits per heavy atom. The number of hydrogen-bond donors (Lipinski definition) is 1. The highest BCUT2D eigenvalue weighted by Crippen LogP contribution is 2.24. The van der Waals surface area contributed by atoms with Crippen LogP contribution in [0.15, 0.2) is 6.08 Å². The first kappa shape index (κ1) is 16.0. The van der Waals surface area contributed by atoms with Crippen molar-refractivity contribution >= 4 is 23.6 Å². The summed E-state index contributed by atoms with van der Waals surface area (Å²) in [7, 11) is 1.77. The molecule has 1 heterocycles. The largest absolute Gasteiger partial charge is 0.395 e. The van der Waals surface area contributed by atoms with Gasteiger partial charge in [-0.2, -0.15) is 5.10 Å². The molecule has 5 nitrogen and oxygen atoms in total. The molecule has 0 aromatic carbocycles. The van der Waals surface area contributed by atoms with E-state index in [1.807, 2.05) is 6.92 Å². The summed E-state index contributed by atoms with van der Waals surface area (Å²) in [6.07, 6.45) is 7.59. The standard InChI is InChI=1S/C15H22ClN3O2/c1-11-13(15(16)18(2)17-11)7-8-14(21)19(9-10-20)12-5-3-4-6-12/h7-8,12,20H,3-6,9-10H2,1-2H3. The fourth-order valence-electron chi connectivity index (χ4n) is 2.88. The first-order chi connectivity index (χ1) is 10.0. The Morgan fingerprint density at radius 2 is 2.19 bits per heavy atom. The zero-order valence-corrected chi connectivity index (χ0v) is 13.3. The van der Waals surface area contributed by atoms with Gasteiger partial charge in [-0.1, -0.05) is 24.4 Å². The predicted octanol–water partition coefficient (Wildman–Crippen LogP) is 2.16. The highest BCUT2D eigenvalue weighted by molar-refractivity contribution is 6.31. The van der Waals surface area contributed by atoms with E-state index >= 15 is 0 Å². The summed E-state index contributed by atoms with van der Waals surface area (Å²) >= 11 is 6.15. The molecule has 116 valence electrons. The second kappa shape index (κ2) is 7.09. The number of aliphatic hydroxyl groups is 1. The second-order valence-electron chi connectivity index (χ2n) is 5.44. The van der Waals surface area contributed by atoms with E-state index in [1.165, 1.54) is 6.08 Å². The van der Waals surface area contributed by atoms with Crippen LogP contribution in [0.25, 0.3) is 6.08 Å². The van der Waals surface area contributed by atoms with Crippen LogP contribution in [0.5, 0.6) is 0 Å². The number of aliphatic hydroxyl groups excluding tert-OH is 1. The molecular weight excluding hydrogens is 290 g/mol. The van der Waals surface area contributed by atoms with Crippen LogP contribution in [0.1, 0.15) is 36.9 Å². The molecule has 1 saturated carbocycles. The predicted molar refractivity (Wildman–Crippen MR) is 83.0 cm³/mol. The van der Waals surface area contributed by atoms with Gasteiger partial charge in [0.2, 0.25) is 5.91 Å². The molecule has 6 heteroatoms. The zero-order chi connectivity index (χ0) is 15.4. The summed E-state index contributed by atoms with van der Waals surface area (Å²) < 4.78 is 1.59. The third-order valence-electron chi connectivity index (χ3n) is 3.98. The molecule has 1 fully saturated rings. The number of aromatic nitrogens is 2. The molecule has 0 bridgehead atoms. The van der Waals surface area contributed by atoms with E-state index in [4.69, 9.17) is 11.6 Å². The number of carbonyl (C=O) groups is 1. The van der Waals surface area contributed by atoms with Crippen LogP contribution in [-0.4, -0.2) is 44.9 Å². The van der Waals surface area contributed by atoms with Gasteiger partial charge < -0.3 is 10.0 Å². The maximum atomic E-state index is 12.4. The Bertz CT molecular complexity index is 533. The first-order valence-electron chi connectivity index (χ1n) is 7.33. The van der Waals surface area contributed by atoms with Crippen LogP contribution in [-0.2, 0) is 11.8 Å². The summed E-state index contributed by atoms with van der Waals surface area (Å²) in [6.45, 7) is 2.23. The molecule has 0 unspecified atom stereocenters. The van der Waals surface area contributed by atoms with Crippen molar-refractivity contribution in [1.82, 2.24) is 14.7 Å². The van der Waals surface area contributed by atoms with E-state index in [0.717, 1.165) is 36.9 Å². The number of nitrogens with zero attached hydrogens (tertiary/aromatic N) is 3. The molecule has 1 N–H and O–H groups in total. The van der Waals surface area contributed by atoms with E-state index in [0.29, 0.717) is 11.7 Å². The SMILES string of the molecule is Cc1nn(C)c(Cl)c1C=CC(=O)N(CCO)C1CCCC1. The third-order valence-corrected chi connectivity index (χ3v) is 4.43. The Morgan fingerprint density at radius 3 is 2.71 bits per heavy atom. The number of rotatable bonds is 5. The minimum Gasteiger partial charge on any atom is -0.395 e. The van der Waals surface area contributed by atoms with E-state index < -0.39 is 0 Å². The number of amides is 1. The van der Waals surface area contributed by atoms with Crippen molar-refractivity contribution in [2.45, 2.75) is 38.6 Å². The lowest BCUT2D eigenvalue weighted by Gasteiger charge is -2.27. The van der Waals surface area contributed by atoms with Crippen LogP contribution >= 0.6 is 11.6 Å². The fraction of sp³-hybridized carbons (Fsp3) is 0.600. The van der Waals surface area contributed by atoms with Crippen LogP contribution in [0.2, 0.25) is 5.15 Å². The molecule has 1 aliphatic rings. The van der Waals surface area contributed by atoms with Gasteiger partial charge in [-0.15, -0.1) is 0 Å². The van der Waals surface area contributed by atoms with E-state index in [9.17, 15) is 9.90 Å². The lowest BCUT2D eigenvalue weighted by molar-refractivity contribution is -0.128. The summed E-state index contributed by atoms with van der Waals surface area (Å²) in [5, 5.41) is 13.9. The topological polar surface area (TPSA) is 58.4 Å². The smallest absolute Gasteiger partial charge is 0.246 e. The lowest BCUT2D eigenvalue weighted by atomic mass is 10.2. The Labute approximate surface area is 130 Å². The molecule has 21 heavy (non-hydrogen) atoms. The fourth-order valence-corrected chi connectivity index (χ4v) is 3.12. The van der Waals surface area contributed by atoms with Crippen LogP contribution in [0, 0.1) is 6.92 Å². The number of aryl methyl sites for hydroxylation is 2. The molecule has 0 aliphatic heterocycles. The Balaban J connectivity index is 2.12. The average Bonchev–Trinajstić information content (AvgIpc) is 3.05. The van der Waals surface area contributed by atoms with Crippen molar-refractivity contribution in [2.75, 3.05) is 13.2 Å². The average molecular weight is 312 g/mol. The van der Waals surface area contributed by atoms with Crippen molar-refractivity contribution in [3.63, 3.8) is 0 Å². The van der Waals surface area contributed by atoms with Gasteiger partial charge in [0.15, 0.2) is 0 Å². The highest BCUT2D eigenvalue weighted by atomic mass is 35.5. The van der Waals surface area contributed by atoms with E-state index in [-0.39, 0.29) is 18.6 Å². The van der Waals surface area contributed by atoms with Crippen molar-refractivity contribution in [1.29, 1.82) is 0 Å². The molecule has 0 atom stereocenters. The van der Waals surface area contributed by atoms with Gasteiger partial charge in [0.05, 0.1) is 12.3 Å². The summed E-state index contributed by atoms with van der Waals surface area (Å²) in [5.41, 5.74) is 1.56. The quantitative estimate of drug-likeness (QED) is 0.848. The van der Waals surface area contributed by atoms with Crippen LogP contribution in [0.3, 0.4) is 0 Å². The molecule has 1 aromatic heterocycles. The van der Waals surface area contributed by atoms with Crippen molar-refractivity contribution in [3.05, 3.63) is 22.5 Å². The molecule has 0 saturated heterocycles. The molecule has 1 amide bonds. The second-order valence-corrected chi connectivity index (χ2v) is 5.80. The van der Waals surface area contributed by atoms with Crippen LogP contribution in [0.4, 0.5) is 0 Å². The first-order valence-corrected chi connectivity index (χ1v) is 7.71. The van der Waals surface area contributed by atoms with Gasteiger partial charge in [0.1, 0.15) is 5.15 Å². The Hall–Kier alpha value is -1.33. The maximum absolute atomic E-state index is 12.4. The summed E-state index contributed by atoms with van der Waals surface area (Å²) in [5.74, 6) is -0.0738. The van der Waals surface area contributed by atoms with Gasteiger partial charge in [0.25, 0.3) is 0 Å². The van der Waals surface area contributed by atoms with Crippen LogP contribution < -0.4 is 0 Å². The third kappa shape index (κ3) is 3.66. The highest BCUT2D eigenvalue weighted by Gasteiger charge is 2.24.